The summed E-state index contributed by atoms with van der Waals surface area (Å²) in [4.78, 5) is 3.92. The van der Waals surface area contributed by atoms with E-state index in [1.54, 1.807) is 6.07 Å². The summed E-state index contributed by atoms with van der Waals surface area (Å²) in [6.45, 7) is 0. The molecular formula is C8H4BrClN2O. The Morgan fingerprint density at radius 1 is 1.38 bits per heavy atom. The number of hydrogen-bond acceptors (Lipinski definition) is 3. The lowest BCUT2D eigenvalue weighted by atomic mass is 10.2. The Bertz CT molecular complexity index is 416. The van der Waals surface area contributed by atoms with Gasteiger partial charge in [-0.15, -0.1) is 0 Å². The van der Waals surface area contributed by atoms with Gasteiger partial charge in [-0.2, -0.15) is 4.98 Å². The number of halogens is 2. The van der Waals surface area contributed by atoms with Crippen LogP contribution in [0.25, 0.3) is 11.4 Å². The van der Waals surface area contributed by atoms with Gasteiger partial charge in [0.2, 0.25) is 12.2 Å². The molecule has 0 N–H and O–H groups in total. The lowest BCUT2D eigenvalue weighted by Gasteiger charge is -1.97. The molecule has 0 saturated carbocycles. The Morgan fingerprint density at radius 2 is 2.23 bits per heavy atom. The van der Waals surface area contributed by atoms with Gasteiger partial charge >= 0.3 is 0 Å². The van der Waals surface area contributed by atoms with E-state index in [1.807, 2.05) is 12.1 Å². The summed E-state index contributed by atoms with van der Waals surface area (Å²) < 4.78 is 5.45. The molecule has 0 spiro atoms. The molecule has 2 rings (SSSR count). The molecule has 1 aromatic heterocycles. The van der Waals surface area contributed by atoms with Gasteiger partial charge in [-0.05, 0) is 34.1 Å². The molecule has 13 heavy (non-hydrogen) atoms. The summed E-state index contributed by atoms with van der Waals surface area (Å²) >= 11 is 9.14. The van der Waals surface area contributed by atoms with Gasteiger partial charge in [0.05, 0.1) is 5.02 Å². The Kier molecular flexibility index (Phi) is 2.33. The zero-order chi connectivity index (χ0) is 9.26. The van der Waals surface area contributed by atoms with Crippen molar-refractivity contribution in [3.63, 3.8) is 0 Å². The summed E-state index contributed by atoms with van der Waals surface area (Å²) in [5, 5.41) is 4.37. The van der Waals surface area contributed by atoms with Gasteiger partial charge in [0.25, 0.3) is 0 Å². The third-order valence-electron chi connectivity index (χ3n) is 1.54. The number of aromatic nitrogens is 2. The first kappa shape index (κ1) is 8.72. The van der Waals surface area contributed by atoms with E-state index in [4.69, 9.17) is 11.6 Å². The molecule has 0 aliphatic carbocycles. The minimum absolute atomic E-state index is 0.553. The average molecular weight is 259 g/mol. The maximum atomic E-state index is 5.83. The molecule has 0 aliphatic rings. The Balaban J connectivity index is 2.49. The van der Waals surface area contributed by atoms with Crippen LogP contribution in [0.15, 0.2) is 33.6 Å². The number of rotatable bonds is 1. The van der Waals surface area contributed by atoms with E-state index in [0.717, 1.165) is 10.0 Å². The van der Waals surface area contributed by atoms with Gasteiger partial charge in [0, 0.05) is 10.0 Å². The van der Waals surface area contributed by atoms with E-state index in [-0.39, 0.29) is 0 Å². The fourth-order valence-electron chi connectivity index (χ4n) is 0.933. The van der Waals surface area contributed by atoms with Crippen LogP contribution in [0.2, 0.25) is 5.02 Å². The third-order valence-corrected chi connectivity index (χ3v) is 2.75. The highest BCUT2D eigenvalue weighted by molar-refractivity contribution is 9.10. The number of hydrogen-bond donors (Lipinski definition) is 0. The van der Waals surface area contributed by atoms with Crippen molar-refractivity contribution >= 4 is 27.5 Å². The van der Waals surface area contributed by atoms with Crippen LogP contribution in [-0.4, -0.2) is 10.1 Å². The third kappa shape index (κ3) is 1.73. The zero-order valence-corrected chi connectivity index (χ0v) is 8.71. The van der Waals surface area contributed by atoms with Crippen molar-refractivity contribution < 1.29 is 4.52 Å². The highest BCUT2D eigenvalue weighted by atomic mass is 79.9. The van der Waals surface area contributed by atoms with Crippen molar-refractivity contribution in [3.05, 3.63) is 34.1 Å². The topological polar surface area (TPSA) is 38.9 Å². The second-order valence-corrected chi connectivity index (χ2v) is 3.65. The molecule has 0 atom stereocenters. The largest absolute Gasteiger partial charge is 0.342 e. The zero-order valence-electron chi connectivity index (χ0n) is 6.37. The smallest absolute Gasteiger partial charge is 0.214 e. The summed E-state index contributed by atoms with van der Waals surface area (Å²) in [7, 11) is 0. The van der Waals surface area contributed by atoms with Crippen molar-refractivity contribution in [2.75, 3.05) is 0 Å². The lowest BCUT2D eigenvalue weighted by Crippen LogP contribution is -1.80. The van der Waals surface area contributed by atoms with E-state index >= 15 is 0 Å². The van der Waals surface area contributed by atoms with Crippen LogP contribution in [0.4, 0.5) is 0 Å². The van der Waals surface area contributed by atoms with Crippen molar-refractivity contribution in [2.45, 2.75) is 0 Å². The quantitative estimate of drug-likeness (QED) is 0.790. The van der Waals surface area contributed by atoms with E-state index in [9.17, 15) is 0 Å². The molecule has 1 aromatic carbocycles. The van der Waals surface area contributed by atoms with Crippen molar-refractivity contribution in [1.29, 1.82) is 0 Å². The SMILES string of the molecule is Clc1ccc(-c2ncon2)cc1Br. The maximum absolute atomic E-state index is 5.83. The van der Waals surface area contributed by atoms with E-state index in [2.05, 4.69) is 30.6 Å². The van der Waals surface area contributed by atoms with Gasteiger partial charge in [0.1, 0.15) is 0 Å². The van der Waals surface area contributed by atoms with Crippen LogP contribution in [-0.2, 0) is 0 Å². The van der Waals surface area contributed by atoms with Crippen LogP contribution >= 0.6 is 27.5 Å². The molecule has 0 saturated heterocycles. The predicted molar refractivity (Wildman–Crippen MR) is 52.4 cm³/mol. The standard InChI is InChI=1S/C8H4BrClN2O/c9-6-3-5(1-2-7(6)10)8-11-4-13-12-8/h1-4H. The van der Waals surface area contributed by atoms with Crippen molar-refractivity contribution in [1.82, 2.24) is 10.1 Å². The predicted octanol–water partition coefficient (Wildman–Crippen LogP) is 3.15. The first-order valence-electron chi connectivity index (χ1n) is 3.49. The highest BCUT2D eigenvalue weighted by Crippen LogP contribution is 2.26. The molecule has 0 aliphatic heterocycles. The Labute approximate surface area is 87.8 Å². The minimum atomic E-state index is 0.553. The van der Waals surface area contributed by atoms with E-state index < -0.39 is 0 Å². The number of benzene rings is 1. The molecule has 0 unspecified atom stereocenters. The highest BCUT2D eigenvalue weighted by Gasteiger charge is 2.04. The first-order valence-corrected chi connectivity index (χ1v) is 4.66. The molecule has 66 valence electrons. The van der Waals surface area contributed by atoms with Crippen molar-refractivity contribution in [3.8, 4) is 11.4 Å². The molecule has 0 amide bonds. The first-order chi connectivity index (χ1) is 6.27. The van der Waals surface area contributed by atoms with Crippen molar-refractivity contribution in [2.24, 2.45) is 0 Å². The normalized spacial score (nSPS) is 10.3. The van der Waals surface area contributed by atoms with Gasteiger partial charge in [-0.1, -0.05) is 16.8 Å². The summed E-state index contributed by atoms with van der Waals surface area (Å²) in [6.07, 6.45) is 1.29. The molecule has 0 bridgehead atoms. The van der Waals surface area contributed by atoms with Gasteiger partial charge in [-0.25, -0.2) is 0 Å². The van der Waals surface area contributed by atoms with Gasteiger partial charge in [-0.3, -0.25) is 0 Å². The van der Waals surface area contributed by atoms with Crippen LogP contribution < -0.4 is 0 Å². The lowest BCUT2D eigenvalue weighted by molar-refractivity contribution is 0.419. The second-order valence-electron chi connectivity index (χ2n) is 2.38. The van der Waals surface area contributed by atoms with Crippen LogP contribution in [0, 0.1) is 0 Å². The molecule has 1 heterocycles. The molecule has 2 aromatic rings. The summed E-state index contributed by atoms with van der Waals surface area (Å²) in [5.41, 5.74) is 0.866. The van der Waals surface area contributed by atoms with Crippen LogP contribution in [0.5, 0.6) is 0 Å². The fraction of sp³-hybridized carbons (Fsp3) is 0. The van der Waals surface area contributed by atoms with Crippen LogP contribution in [0.1, 0.15) is 0 Å². The Morgan fingerprint density at radius 3 is 2.85 bits per heavy atom. The second kappa shape index (κ2) is 3.47. The summed E-state index contributed by atoms with van der Waals surface area (Å²) in [5.74, 6) is 0.553. The number of nitrogens with zero attached hydrogens (tertiary/aromatic N) is 2. The van der Waals surface area contributed by atoms with Gasteiger partial charge in [0.15, 0.2) is 0 Å². The van der Waals surface area contributed by atoms with Gasteiger partial charge < -0.3 is 4.52 Å². The molecule has 0 radical (unpaired) electrons. The monoisotopic (exact) mass is 258 g/mol. The fourth-order valence-corrected chi connectivity index (χ4v) is 1.43. The minimum Gasteiger partial charge on any atom is -0.342 e. The molecule has 3 nitrogen and oxygen atoms in total. The average Bonchev–Trinajstić information content (AvgIpc) is 2.62. The molecule has 0 fully saturated rings. The van der Waals surface area contributed by atoms with E-state index in [0.29, 0.717) is 10.8 Å². The molecular weight excluding hydrogens is 255 g/mol. The maximum Gasteiger partial charge on any atom is 0.214 e. The van der Waals surface area contributed by atoms with E-state index in [1.165, 1.54) is 6.39 Å². The Hall–Kier alpha value is -0.870. The summed E-state index contributed by atoms with van der Waals surface area (Å²) in [6, 6.07) is 5.45. The molecule has 5 heteroatoms. The van der Waals surface area contributed by atoms with Crippen LogP contribution in [0.3, 0.4) is 0 Å².